The topological polar surface area (TPSA) is 72.2 Å². The summed E-state index contributed by atoms with van der Waals surface area (Å²) < 4.78 is 5.89. The second-order valence-electron chi connectivity index (χ2n) is 6.25. The van der Waals surface area contributed by atoms with Crippen LogP contribution in [0.5, 0.6) is 0 Å². The van der Waals surface area contributed by atoms with E-state index in [9.17, 15) is 9.59 Å². The summed E-state index contributed by atoms with van der Waals surface area (Å²) >= 11 is 7.07. The second kappa shape index (κ2) is 8.43. The number of amides is 1. The van der Waals surface area contributed by atoms with E-state index >= 15 is 0 Å². The second-order valence-corrected chi connectivity index (χ2v) is 7.96. The summed E-state index contributed by atoms with van der Waals surface area (Å²) in [4.78, 5) is 23.9. The van der Waals surface area contributed by atoms with Crippen molar-refractivity contribution >= 4 is 35.1 Å². The Morgan fingerprint density at radius 1 is 1.07 bits per heavy atom. The summed E-state index contributed by atoms with van der Waals surface area (Å²) in [7, 11) is 0. The molecule has 0 aliphatic rings. The molecular formula is C22H15ClN2O3S. The van der Waals surface area contributed by atoms with Gasteiger partial charge in [0.1, 0.15) is 5.69 Å². The first-order chi connectivity index (χ1) is 14.1. The standard InChI is InChI=1S/C22H15ClN2O3S/c23-21-10-9-20(29-21)22(27)24-12-17-11-19(25-28-17)15-7-5-14(6-8-15)18-4-2-1-3-16(18)13-26/h1-11,13H,12H2,(H,24,27). The Balaban J connectivity index is 1.45. The van der Waals surface area contributed by atoms with Gasteiger partial charge in [0.25, 0.3) is 5.91 Å². The van der Waals surface area contributed by atoms with Crippen LogP contribution in [0.3, 0.4) is 0 Å². The average Bonchev–Trinajstić information content (AvgIpc) is 3.41. The molecule has 29 heavy (non-hydrogen) atoms. The molecular weight excluding hydrogens is 408 g/mol. The Labute approximate surface area is 175 Å². The molecule has 0 unspecified atom stereocenters. The molecule has 0 bridgehead atoms. The van der Waals surface area contributed by atoms with Gasteiger partial charge < -0.3 is 9.84 Å². The van der Waals surface area contributed by atoms with Crippen molar-refractivity contribution in [2.24, 2.45) is 0 Å². The monoisotopic (exact) mass is 422 g/mol. The van der Waals surface area contributed by atoms with Crippen molar-refractivity contribution in [2.45, 2.75) is 6.54 Å². The van der Waals surface area contributed by atoms with Crippen LogP contribution in [0.2, 0.25) is 4.34 Å². The zero-order valence-electron chi connectivity index (χ0n) is 15.1. The molecule has 1 N–H and O–H groups in total. The molecule has 2 heterocycles. The molecule has 2 aromatic carbocycles. The molecule has 144 valence electrons. The van der Waals surface area contributed by atoms with Gasteiger partial charge in [-0.15, -0.1) is 11.3 Å². The lowest BCUT2D eigenvalue weighted by molar-refractivity contribution is 0.0951. The third-order valence-electron chi connectivity index (χ3n) is 4.36. The van der Waals surface area contributed by atoms with Crippen molar-refractivity contribution in [3.8, 4) is 22.4 Å². The largest absolute Gasteiger partial charge is 0.359 e. The number of carbonyl (C=O) groups is 2. The van der Waals surface area contributed by atoms with E-state index < -0.39 is 0 Å². The normalized spacial score (nSPS) is 10.7. The number of nitrogens with zero attached hydrogens (tertiary/aromatic N) is 1. The highest BCUT2D eigenvalue weighted by Gasteiger charge is 2.12. The first-order valence-corrected chi connectivity index (χ1v) is 9.97. The number of thiophene rings is 1. The number of aldehydes is 1. The van der Waals surface area contributed by atoms with Gasteiger partial charge in [-0.25, -0.2) is 0 Å². The van der Waals surface area contributed by atoms with Gasteiger partial charge in [0.15, 0.2) is 12.0 Å². The molecule has 0 atom stereocenters. The maximum atomic E-state index is 12.1. The van der Waals surface area contributed by atoms with Gasteiger partial charge in [-0.2, -0.15) is 0 Å². The Morgan fingerprint density at radius 3 is 2.55 bits per heavy atom. The van der Waals surface area contributed by atoms with Crippen molar-refractivity contribution in [3.05, 3.63) is 87.3 Å². The number of nitrogens with one attached hydrogen (secondary N) is 1. The number of hydrogen-bond donors (Lipinski definition) is 1. The van der Waals surface area contributed by atoms with Crippen molar-refractivity contribution < 1.29 is 14.1 Å². The van der Waals surface area contributed by atoms with E-state index in [-0.39, 0.29) is 12.5 Å². The van der Waals surface area contributed by atoms with Crippen LogP contribution in [-0.4, -0.2) is 17.4 Å². The minimum Gasteiger partial charge on any atom is -0.359 e. The van der Waals surface area contributed by atoms with Gasteiger partial charge in [0.2, 0.25) is 0 Å². The van der Waals surface area contributed by atoms with Gasteiger partial charge in [0.05, 0.1) is 15.8 Å². The van der Waals surface area contributed by atoms with Crippen molar-refractivity contribution in [3.63, 3.8) is 0 Å². The Bertz CT molecular complexity index is 1160. The van der Waals surface area contributed by atoms with Crippen LogP contribution < -0.4 is 5.32 Å². The van der Waals surface area contributed by atoms with Crippen LogP contribution in [0.1, 0.15) is 25.8 Å². The zero-order valence-corrected chi connectivity index (χ0v) is 16.7. The fourth-order valence-electron chi connectivity index (χ4n) is 2.91. The lowest BCUT2D eigenvalue weighted by Gasteiger charge is -2.05. The lowest BCUT2D eigenvalue weighted by atomic mass is 9.99. The van der Waals surface area contributed by atoms with E-state index in [0.29, 0.717) is 26.2 Å². The van der Waals surface area contributed by atoms with Crippen molar-refractivity contribution in [2.75, 3.05) is 0 Å². The molecule has 4 aromatic rings. The highest BCUT2D eigenvalue weighted by Crippen LogP contribution is 2.27. The minimum atomic E-state index is -0.210. The van der Waals surface area contributed by atoms with Crippen molar-refractivity contribution in [1.29, 1.82) is 0 Å². The van der Waals surface area contributed by atoms with Gasteiger partial charge in [-0.05, 0) is 23.3 Å². The van der Waals surface area contributed by atoms with Gasteiger partial charge >= 0.3 is 0 Å². The number of halogens is 1. The van der Waals surface area contributed by atoms with Crippen LogP contribution in [0.4, 0.5) is 0 Å². The first-order valence-electron chi connectivity index (χ1n) is 8.78. The minimum absolute atomic E-state index is 0.210. The van der Waals surface area contributed by atoms with Crippen molar-refractivity contribution in [1.82, 2.24) is 10.5 Å². The van der Waals surface area contributed by atoms with E-state index in [2.05, 4.69) is 10.5 Å². The molecule has 7 heteroatoms. The SMILES string of the molecule is O=Cc1ccccc1-c1ccc(-c2cc(CNC(=O)c3ccc(Cl)s3)on2)cc1. The molecule has 0 aliphatic carbocycles. The number of hydrogen-bond acceptors (Lipinski definition) is 5. The molecule has 0 fully saturated rings. The maximum absolute atomic E-state index is 12.1. The molecule has 1 amide bonds. The Hall–Kier alpha value is -3.22. The van der Waals surface area contributed by atoms with E-state index in [1.165, 1.54) is 11.3 Å². The van der Waals surface area contributed by atoms with E-state index in [1.54, 1.807) is 24.3 Å². The Morgan fingerprint density at radius 2 is 1.83 bits per heavy atom. The molecule has 4 rings (SSSR count). The van der Waals surface area contributed by atoms with Gasteiger partial charge in [0, 0.05) is 17.2 Å². The molecule has 0 radical (unpaired) electrons. The van der Waals surface area contributed by atoms with Crippen LogP contribution in [-0.2, 0) is 6.54 Å². The number of rotatable bonds is 6. The smallest absolute Gasteiger partial charge is 0.261 e. The predicted octanol–water partition coefficient (Wildman–Crippen LogP) is 5.47. The fraction of sp³-hybridized carbons (Fsp3) is 0.0455. The van der Waals surface area contributed by atoms with Gasteiger partial charge in [-0.1, -0.05) is 65.3 Å². The average molecular weight is 423 g/mol. The molecule has 0 saturated carbocycles. The molecule has 2 aromatic heterocycles. The lowest BCUT2D eigenvalue weighted by Crippen LogP contribution is -2.21. The number of benzene rings is 2. The summed E-state index contributed by atoms with van der Waals surface area (Å²) in [6.45, 7) is 0.228. The highest BCUT2D eigenvalue weighted by atomic mass is 35.5. The molecule has 0 saturated heterocycles. The highest BCUT2D eigenvalue weighted by molar-refractivity contribution is 7.17. The maximum Gasteiger partial charge on any atom is 0.261 e. The quantitative estimate of drug-likeness (QED) is 0.418. The summed E-state index contributed by atoms with van der Waals surface area (Å²) in [5, 5.41) is 6.86. The van der Waals surface area contributed by atoms with E-state index in [4.69, 9.17) is 16.1 Å². The molecule has 5 nitrogen and oxygen atoms in total. The zero-order chi connectivity index (χ0) is 20.2. The summed E-state index contributed by atoms with van der Waals surface area (Å²) in [6, 6.07) is 20.3. The van der Waals surface area contributed by atoms with Crippen LogP contribution >= 0.6 is 22.9 Å². The van der Waals surface area contributed by atoms with E-state index in [1.807, 2.05) is 42.5 Å². The van der Waals surface area contributed by atoms with Crippen LogP contribution in [0, 0.1) is 0 Å². The summed E-state index contributed by atoms with van der Waals surface area (Å²) in [6.07, 6.45) is 0.853. The predicted molar refractivity (Wildman–Crippen MR) is 113 cm³/mol. The number of carbonyl (C=O) groups excluding carboxylic acids is 2. The fourth-order valence-corrected chi connectivity index (χ4v) is 3.87. The summed E-state index contributed by atoms with van der Waals surface area (Å²) in [5.74, 6) is 0.337. The Kier molecular flexibility index (Phi) is 5.55. The van der Waals surface area contributed by atoms with Crippen LogP contribution in [0.15, 0.2) is 71.3 Å². The molecule has 0 spiro atoms. The van der Waals surface area contributed by atoms with Gasteiger partial charge in [-0.3, -0.25) is 9.59 Å². The van der Waals surface area contributed by atoms with E-state index in [0.717, 1.165) is 23.0 Å². The number of aromatic nitrogens is 1. The van der Waals surface area contributed by atoms with Crippen LogP contribution in [0.25, 0.3) is 22.4 Å². The third kappa shape index (κ3) is 4.29. The summed E-state index contributed by atoms with van der Waals surface area (Å²) in [5.41, 5.74) is 4.02. The first kappa shape index (κ1) is 19.1. The third-order valence-corrected chi connectivity index (χ3v) is 5.59. The molecule has 0 aliphatic heterocycles.